The Morgan fingerprint density at radius 1 is 1.39 bits per heavy atom. The number of aromatic nitrogens is 4. The number of nitrogens with zero attached hydrogens (tertiary/aromatic N) is 5. The molecule has 126 valence electrons. The maximum Gasteiger partial charge on any atom is 0.264 e. The average Bonchev–Trinajstić information content (AvgIpc) is 3.06. The number of pyridine rings is 1. The molecule has 2 aromatic heterocycles. The minimum atomic E-state index is -3.80. The Morgan fingerprint density at radius 2 is 2.13 bits per heavy atom. The lowest BCUT2D eigenvalue weighted by Crippen LogP contribution is -2.32. The SMILES string of the molecule is Cl.Cn1cc(S(=O)(=O)N2C[C@H](c3ncccc3F)[C@@H](N)C2)nn1. The van der Waals surface area contributed by atoms with Gasteiger partial charge >= 0.3 is 0 Å². The lowest BCUT2D eigenvalue weighted by atomic mass is 9.99. The van der Waals surface area contributed by atoms with Gasteiger partial charge in [-0.3, -0.25) is 9.67 Å². The fourth-order valence-corrected chi connectivity index (χ4v) is 3.94. The lowest BCUT2D eigenvalue weighted by Gasteiger charge is -2.14. The molecule has 0 unspecified atom stereocenters. The van der Waals surface area contributed by atoms with Crippen LogP contribution in [0.1, 0.15) is 11.6 Å². The van der Waals surface area contributed by atoms with Crippen LogP contribution < -0.4 is 5.73 Å². The molecular weight excluding hydrogens is 347 g/mol. The van der Waals surface area contributed by atoms with Crippen molar-refractivity contribution in [3.63, 3.8) is 0 Å². The van der Waals surface area contributed by atoms with E-state index in [9.17, 15) is 12.8 Å². The van der Waals surface area contributed by atoms with Crippen molar-refractivity contribution in [1.29, 1.82) is 0 Å². The Morgan fingerprint density at radius 3 is 2.74 bits per heavy atom. The molecule has 1 fully saturated rings. The number of rotatable bonds is 3. The largest absolute Gasteiger partial charge is 0.326 e. The first kappa shape index (κ1) is 17.7. The molecule has 0 bridgehead atoms. The zero-order chi connectivity index (χ0) is 15.9. The minimum Gasteiger partial charge on any atom is -0.326 e. The molecule has 11 heteroatoms. The van der Waals surface area contributed by atoms with Gasteiger partial charge in [0.15, 0.2) is 0 Å². The predicted octanol–water partition coefficient (Wildman–Crippen LogP) is -0.114. The Kier molecular flexibility index (Phi) is 4.99. The molecule has 2 N–H and O–H groups in total. The van der Waals surface area contributed by atoms with Crippen LogP contribution in [-0.2, 0) is 17.1 Å². The van der Waals surface area contributed by atoms with E-state index in [0.717, 1.165) is 0 Å². The summed E-state index contributed by atoms with van der Waals surface area (Å²) in [6.07, 6.45) is 2.78. The molecule has 0 spiro atoms. The van der Waals surface area contributed by atoms with Crippen molar-refractivity contribution in [1.82, 2.24) is 24.3 Å². The predicted molar refractivity (Wildman–Crippen MR) is 81.9 cm³/mol. The Hall–Kier alpha value is -1.62. The van der Waals surface area contributed by atoms with Gasteiger partial charge in [0.25, 0.3) is 10.0 Å². The first-order chi connectivity index (χ1) is 10.4. The van der Waals surface area contributed by atoms with Gasteiger partial charge in [0, 0.05) is 38.3 Å². The van der Waals surface area contributed by atoms with Crippen molar-refractivity contribution < 1.29 is 12.8 Å². The van der Waals surface area contributed by atoms with E-state index in [1.165, 1.54) is 33.5 Å². The molecule has 0 amide bonds. The van der Waals surface area contributed by atoms with Crippen LogP contribution in [0.4, 0.5) is 4.39 Å². The van der Waals surface area contributed by atoms with Gasteiger partial charge in [0.05, 0.1) is 11.9 Å². The van der Waals surface area contributed by atoms with Gasteiger partial charge in [-0.15, -0.1) is 17.5 Å². The second-order valence-electron chi connectivity index (χ2n) is 5.19. The number of halogens is 2. The summed E-state index contributed by atoms with van der Waals surface area (Å²) in [5.74, 6) is -0.977. The third-order valence-electron chi connectivity index (χ3n) is 3.66. The molecule has 8 nitrogen and oxygen atoms in total. The van der Waals surface area contributed by atoms with E-state index in [-0.39, 0.29) is 36.2 Å². The summed E-state index contributed by atoms with van der Waals surface area (Å²) in [5, 5.41) is 7.10. The van der Waals surface area contributed by atoms with Crippen molar-refractivity contribution in [2.75, 3.05) is 13.1 Å². The molecule has 0 aromatic carbocycles. The number of hydrogen-bond acceptors (Lipinski definition) is 6. The second-order valence-corrected chi connectivity index (χ2v) is 7.08. The zero-order valence-corrected chi connectivity index (χ0v) is 13.8. The van der Waals surface area contributed by atoms with Crippen molar-refractivity contribution in [3.8, 4) is 0 Å². The summed E-state index contributed by atoms with van der Waals surface area (Å²) >= 11 is 0. The van der Waals surface area contributed by atoms with Gasteiger partial charge in [-0.05, 0) is 12.1 Å². The summed E-state index contributed by atoms with van der Waals surface area (Å²) in [6.45, 7) is 0.146. The Bertz CT molecular complexity index is 798. The molecular formula is C12H16ClFN6O2S. The fraction of sp³-hybridized carbons (Fsp3) is 0.417. The molecule has 3 heterocycles. The molecule has 2 atom stereocenters. The van der Waals surface area contributed by atoms with E-state index in [1.807, 2.05) is 0 Å². The van der Waals surface area contributed by atoms with Crippen molar-refractivity contribution in [3.05, 3.63) is 36.0 Å². The van der Waals surface area contributed by atoms with Crippen molar-refractivity contribution in [2.45, 2.75) is 17.0 Å². The van der Waals surface area contributed by atoms with Gasteiger partial charge in [0.1, 0.15) is 5.82 Å². The van der Waals surface area contributed by atoms with Gasteiger partial charge in [-0.1, -0.05) is 5.21 Å². The fourth-order valence-electron chi connectivity index (χ4n) is 2.52. The van der Waals surface area contributed by atoms with Crippen LogP contribution >= 0.6 is 12.4 Å². The van der Waals surface area contributed by atoms with Crippen LogP contribution in [0.5, 0.6) is 0 Å². The van der Waals surface area contributed by atoms with E-state index >= 15 is 0 Å². The molecule has 2 aromatic rings. The van der Waals surface area contributed by atoms with Crippen LogP contribution in [0.2, 0.25) is 0 Å². The normalized spacial score (nSPS) is 22.0. The number of aryl methyl sites for hydroxylation is 1. The minimum absolute atomic E-state index is 0. The smallest absolute Gasteiger partial charge is 0.264 e. The van der Waals surface area contributed by atoms with E-state index in [4.69, 9.17) is 5.73 Å². The highest BCUT2D eigenvalue weighted by Crippen LogP contribution is 2.30. The van der Waals surface area contributed by atoms with Crippen LogP contribution in [0.15, 0.2) is 29.6 Å². The summed E-state index contributed by atoms with van der Waals surface area (Å²) in [5.41, 5.74) is 6.18. The van der Waals surface area contributed by atoms with E-state index in [2.05, 4.69) is 15.3 Å². The van der Waals surface area contributed by atoms with Crippen molar-refractivity contribution >= 4 is 22.4 Å². The maximum atomic E-state index is 13.9. The maximum absolute atomic E-state index is 13.9. The molecule has 0 radical (unpaired) electrons. The summed E-state index contributed by atoms with van der Waals surface area (Å²) < 4.78 is 41.3. The molecule has 0 aliphatic carbocycles. The highest BCUT2D eigenvalue weighted by Gasteiger charge is 2.41. The second kappa shape index (κ2) is 6.48. The van der Waals surface area contributed by atoms with E-state index in [1.54, 1.807) is 7.05 Å². The lowest BCUT2D eigenvalue weighted by molar-refractivity contribution is 0.465. The summed E-state index contributed by atoms with van der Waals surface area (Å²) in [4.78, 5) is 4.00. The van der Waals surface area contributed by atoms with Gasteiger partial charge < -0.3 is 5.73 Å². The third kappa shape index (κ3) is 3.20. The summed E-state index contributed by atoms with van der Waals surface area (Å²) in [6, 6.07) is 2.23. The van der Waals surface area contributed by atoms with Crippen molar-refractivity contribution in [2.24, 2.45) is 12.8 Å². The van der Waals surface area contributed by atoms with Crippen LogP contribution in [-0.4, -0.2) is 51.8 Å². The number of hydrogen-bond donors (Lipinski definition) is 1. The van der Waals surface area contributed by atoms with Crippen LogP contribution in [0.3, 0.4) is 0 Å². The highest BCUT2D eigenvalue weighted by molar-refractivity contribution is 7.89. The first-order valence-electron chi connectivity index (χ1n) is 6.62. The van der Waals surface area contributed by atoms with E-state index in [0.29, 0.717) is 0 Å². The van der Waals surface area contributed by atoms with Gasteiger partial charge in [0.2, 0.25) is 5.03 Å². The molecule has 23 heavy (non-hydrogen) atoms. The first-order valence-corrected chi connectivity index (χ1v) is 8.06. The van der Waals surface area contributed by atoms with E-state index < -0.39 is 27.8 Å². The zero-order valence-electron chi connectivity index (χ0n) is 12.2. The van der Waals surface area contributed by atoms with Gasteiger partial charge in [-0.2, -0.15) is 4.31 Å². The highest BCUT2D eigenvalue weighted by atomic mass is 35.5. The van der Waals surface area contributed by atoms with Crippen LogP contribution in [0.25, 0.3) is 0 Å². The molecule has 1 aliphatic rings. The topological polar surface area (TPSA) is 107 Å². The molecule has 0 saturated carbocycles. The Labute approximate surface area is 139 Å². The molecule has 1 saturated heterocycles. The monoisotopic (exact) mass is 362 g/mol. The molecule has 3 rings (SSSR count). The Balaban J connectivity index is 0.00000192. The summed E-state index contributed by atoms with van der Waals surface area (Å²) in [7, 11) is -2.22. The average molecular weight is 363 g/mol. The quantitative estimate of drug-likeness (QED) is 0.816. The van der Waals surface area contributed by atoms with Gasteiger partial charge in [-0.25, -0.2) is 12.8 Å². The molecule has 1 aliphatic heterocycles. The third-order valence-corrected chi connectivity index (χ3v) is 5.35. The number of nitrogens with two attached hydrogens (primary N) is 1. The number of sulfonamides is 1. The standard InChI is InChI=1S/C12H15FN6O2S.ClH/c1-18-7-11(16-17-18)22(20,21)19-5-8(10(14)6-19)12-9(13)3-2-4-15-12;/h2-4,7-8,10H,5-6,14H2,1H3;1H/t8-,10-;/m0./s1. The van der Waals surface area contributed by atoms with Crippen LogP contribution in [0, 0.1) is 5.82 Å².